The molecule has 1 aliphatic rings. The van der Waals surface area contributed by atoms with Crippen LogP contribution in [0.15, 0.2) is 0 Å². The maximum absolute atomic E-state index is 11.5. The molecule has 1 rings (SSSR count). The summed E-state index contributed by atoms with van der Waals surface area (Å²) >= 11 is 0. The largest absolute Gasteiger partial charge is 0.481 e. The lowest BCUT2D eigenvalue weighted by molar-refractivity contribution is -0.141. The van der Waals surface area contributed by atoms with Crippen LogP contribution in [0.5, 0.6) is 0 Å². The van der Waals surface area contributed by atoms with Crippen LogP contribution in [0, 0.1) is 5.92 Å². The van der Waals surface area contributed by atoms with Gasteiger partial charge in [0, 0.05) is 25.6 Å². The Morgan fingerprint density at radius 3 is 2.59 bits per heavy atom. The Bertz CT molecular complexity index is 277. The van der Waals surface area contributed by atoms with Crippen molar-refractivity contribution in [3.05, 3.63) is 0 Å². The Kier molecular flexibility index (Phi) is 5.41. The van der Waals surface area contributed by atoms with Gasteiger partial charge < -0.3 is 15.3 Å². The number of rotatable bonds is 8. The Balaban J connectivity index is 2.20. The van der Waals surface area contributed by atoms with Crippen molar-refractivity contribution in [1.29, 1.82) is 0 Å². The van der Waals surface area contributed by atoms with E-state index in [2.05, 4.69) is 5.32 Å². The molecule has 0 aromatic heterocycles. The molecule has 1 atom stereocenters. The smallest absolute Gasteiger partial charge is 0.307 e. The summed E-state index contributed by atoms with van der Waals surface area (Å²) in [5.74, 6) is -1.10. The third kappa shape index (κ3) is 5.68. The zero-order valence-corrected chi connectivity index (χ0v) is 10.6. The van der Waals surface area contributed by atoms with Crippen molar-refractivity contribution in [2.75, 3.05) is 19.6 Å². The number of aliphatic carboxylic acids is 1. The lowest BCUT2D eigenvalue weighted by Crippen LogP contribution is -2.35. The lowest BCUT2D eigenvalue weighted by atomic mass is 10.1. The maximum Gasteiger partial charge on any atom is 0.307 e. The predicted molar refractivity (Wildman–Crippen MR) is 64.7 cm³/mol. The van der Waals surface area contributed by atoms with E-state index in [1.54, 1.807) is 6.92 Å². The number of carboxylic acid groups (broad SMARTS) is 1. The molecule has 0 aromatic rings. The summed E-state index contributed by atoms with van der Waals surface area (Å²) in [6.45, 7) is 5.58. The molecule has 0 radical (unpaired) electrons. The summed E-state index contributed by atoms with van der Waals surface area (Å²) in [7, 11) is 0. The van der Waals surface area contributed by atoms with Gasteiger partial charge in [0.15, 0.2) is 0 Å². The summed E-state index contributed by atoms with van der Waals surface area (Å²) < 4.78 is 0. The van der Waals surface area contributed by atoms with Gasteiger partial charge in [0.2, 0.25) is 5.91 Å². The van der Waals surface area contributed by atoms with E-state index in [9.17, 15) is 9.59 Å². The first kappa shape index (κ1) is 14.0. The number of carbonyl (C=O) groups excluding carboxylic acids is 1. The summed E-state index contributed by atoms with van der Waals surface area (Å²) in [4.78, 5) is 24.2. The minimum absolute atomic E-state index is 0.0777. The van der Waals surface area contributed by atoms with Gasteiger partial charge in [0.25, 0.3) is 0 Å². The Morgan fingerprint density at radius 1 is 1.47 bits per heavy atom. The third-order valence-electron chi connectivity index (χ3n) is 3.00. The van der Waals surface area contributed by atoms with Gasteiger partial charge in [-0.2, -0.15) is 0 Å². The fraction of sp³-hybridized carbons (Fsp3) is 0.833. The van der Waals surface area contributed by atoms with Crippen molar-refractivity contribution in [1.82, 2.24) is 10.2 Å². The molecule has 17 heavy (non-hydrogen) atoms. The van der Waals surface area contributed by atoms with Crippen LogP contribution in [0.2, 0.25) is 0 Å². The minimum Gasteiger partial charge on any atom is -0.481 e. The fourth-order valence-electron chi connectivity index (χ4n) is 1.63. The second kappa shape index (κ2) is 6.59. The standard InChI is InChI=1S/C12H22N2O3/c1-3-14(8-9(2)12(16)17)7-6-11(15)13-10-4-5-10/h9-10H,3-8H2,1-2H3,(H,13,15)(H,16,17). The normalized spacial score (nSPS) is 16.9. The van der Waals surface area contributed by atoms with Crippen LogP contribution in [0.25, 0.3) is 0 Å². The van der Waals surface area contributed by atoms with Gasteiger partial charge in [-0.3, -0.25) is 9.59 Å². The van der Waals surface area contributed by atoms with Crippen molar-refractivity contribution in [3.8, 4) is 0 Å². The van der Waals surface area contributed by atoms with E-state index in [0.717, 1.165) is 19.4 Å². The van der Waals surface area contributed by atoms with E-state index < -0.39 is 5.97 Å². The molecule has 2 N–H and O–H groups in total. The van der Waals surface area contributed by atoms with Gasteiger partial charge in [-0.1, -0.05) is 13.8 Å². The third-order valence-corrected chi connectivity index (χ3v) is 3.00. The molecule has 98 valence electrons. The van der Waals surface area contributed by atoms with Crippen LogP contribution < -0.4 is 5.32 Å². The molecule has 0 aliphatic heterocycles. The van der Waals surface area contributed by atoms with Crippen LogP contribution in [-0.2, 0) is 9.59 Å². The Morgan fingerprint density at radius 2 is 2.12 bits per heavy atom. The highest BCUT2D eigenvalue weighted by molar-refractivity contribution is 5.76. The monoisotopic (exact) mass is 242 g/mol. The number of hydrogen-bond acceptors (Lipinski definition) is 3. The second-order valence-corrected chi connectivity index (χ2v) is 4.72. The second-order valence-electron chi connectivity index (χ2n) is 4.72. The van der Waals surface area contributed by atoms with E-state index in [1.165, 1.54) is 0 Å². The molecule has 1 aliphatic carbocycles. The van der Waals surface area contributed by atoms with Gasteiger partial charge >= 0.3 is 5.97 Å². The van der Waals surface area contributed by atoms with Crippen LogP contribution in [-0.4, -0.2) is 47.6 Å². The SMILES string of the molecule is CCN(CCC(=O)NC1CC1)CC(C)C(=O)O. The number of amides is 1. The molecule has 1 saturated carbocycles. The molecule has 0 saturated heterocycles. The first-order valence-electron chi connectivity index (χ1n) is 6.27. The van der Waals surface area contributed by atoms with E-state index in [4.69, 9.17) is 5.11 Å². The lowest BCUT2D eigenvalue weighted by Gasteiger charge is -2.22. The summed E-state index contributed by atoms with van der Waals surface area (Å²) in [5.41, 5.74) is 0. The molecule has 5 nitrogen and oxygen atoms in total. The van der Waals surface area contributed by atoms with Crippen molar-refractivity contribution < 1.29 is 14.7 Å². The quantitative estimate of drug-likeness (QED) is 0.657. The minimum atomic E-state index is -0.786. The highest BCUT2D eigenvalue weighted by atomic mass is 16.4. The number of hydrogen-bond donors (Lipinski definition) is 2. The predicted octanol–water partition coefficient (Wildman–Crippen LogP) is 0.698. The molecule has 5 heteroatoms. The van der Waals surface area contributed by atoms with E-state index >= 15 is 0 Å². The molecule has 1 amide bonds. The van der Waals surface area contributed by atoms with Gasteiger partial charge in [-0.05, 0) is 19.4 Å². The molecule has 1 unspecified atom stereocenters. The summed E-state index contributed by atoms with van der Waals surface area (Å²) in [6, 6.07) is 0.399. The van der Waals surface area contributed by atoms with Crippen molar-refractivity contribution in [2.45, 2.75) is 39.2 Å². The molecule has 0 heterocycles. The van der Waals surface area contributed by atoms with Gasteiger partial charge in [-0.15, -0.1) is 0 Å². The average molecular weight is 242 g/mol. The zero-order chi connectivity index (χ0) is 12.8. The van der Waals surface area contributed by atoms with Gasteiger partial charge in [0.1, 0.15) is 0 Å². The first-order valence-corrected chi connectivity index (χ1v) is 6.27. The van der Waals surface area contributed by atoms with Gasteiger partial charge in [-0.25, -0.2) is 0 Å². The van der Waals surface area contributed by atoms with Crippen LogP contribution in [0.4, 0.5) is 0 Å². The molecular formula is C12H22N2O3. The van der Waals surface area contributed by atoms with Crippen LogP contribution in [0.1, 0.15) is 33.1 Å². The number of nitrogens with zero attached hydrogens (tertiary/aromatic N) is 1. The highest BCUT2D eigenvalue weighted by Crippen LogP contribution is 2.18. The van der Waals surface area contributed by atoms with E-state index in [1.807, 2.05) is 11.8 Å². The topological polar surface area (TPSA) is 69.6 Å². The van der Waals surface area contributed by atoms with Gasteiger partial charge in [0.05, 0.1) is 5.92 Å². The van der Waals surface area contributed by atoms with Crippen LogP contribution >= 0.6 is 0 Å². The molecule has 0 spiro atoms. The zero-order valence-electron chi connectivity index (χ0n) is 10.6. The molecule has 0 bridgehead atoms. The molecule has 1 fully saturated rings. The van der Waals surface area contributed by atoms with Crippen LogP contribution in [0.3, 0.4) is 0 Å². The number of carbonyl (C=O) groups is 2. The van der Waals surface area contributed by atoms with E-state index in [0.29, 0.717) is 25.6 Å². The Labute approximate surface area is 102 Å². The summed E-state index contributed by atoms with van der Waals surface area (Å²) in [6.07, 6.45) is 2.65. The number of carboxylic acids is 1. The van der Waals surface area contributed by atoms with Crippen molar-refractivity contribution in [2.24, 2.45) is 5.92 Å². The number of nitrogens with one attached hydrogen (secondary N) is 1. The average Bonchev–Trinajstić information content (AvgIpc) is 3.07. The summed E-state index contributed by atoms with van der Waals surface area (Å²) in [5, 5.41) is 11.8. The van der Waals surface area contributed by atoms with E-state index in [-0.39, 0.29) is 11.8 Å². The van der Waals surface area contributed by atoms with Crippen molar-refractivity contribution in [3.63, 3.8) is 0 Å². The molecule has 0 aromatic carbocycles. The highest BCUT2D eigenvalue weighted by Gasteiger charge is 2.23. The molecular weight excluding hydrogens is 220 g/mol. The maximum atomic E-state index is 11.5. The first-order chi connectivity index (χ1) is 8.02. The van der Waals surface area contributed by atoms with Crippen molar-refractivity contribution >= 4 is 11.9 Å². The Hall–Kier alpha value is -1.10. The fourth-order valence-corrected chi connectivity index (χ4v) is 1.63.